The first-order valence-corrected chi connectivity index (χ1v) is 5.80. The first-order chi connectivity index (χ1) is 6.95. The molecule has 0 amide bonds. The molecule has 1 atom stereocenters. The minimum atomic E-state index is 0.180. The highest BCUT2D eigenvalue weighted by Gasteiger charge is 2.21. The van der Waals surface area contributed by atoms with Crippen molar-refractivity contribution in [2.24, 2.45) is 5.73 Å². The lowest BCUT2D eigenvalue weighted by atomic mass is 9.79. The average molecular weight is 205 g/mol. The van der Waals surface area contributed by atoms with Crippen LogP contribution in [0, 0.1) is 0 Å². The zero-order valence-corrected chi connectivity index (χ0v) is 10.4. The molecule has 1 nitrogen and oxygen atoms in total. The maximum Gasteiger partial charge on any atom is 0.00187 e. The molecule has 0 heterocycles. The molecule has 1 unspecified atom stereocenters. The predicted molar refractivity (Wildman–Crippen MR) is 67.1 cm³/mol. The molecule has 1 heteroatoms. The number of aryl methyl sites for hydroxylation is 1. The summed E-state index contributed by atoms with van der Waals surface area (Å²) >= 11 is 0. The van der Waals surface area contributed by atoms with Gasteiger partial charge in [0.15, 0.2) is 0 Å². The molecule has 0 radical (unpaired) electrons. The molecule has 0 saturated carbocycles. The van der Waals surface area contributed by atoms with Gasteiger partial charge >= 0.3 is 0 Å². The Morgan fingerprint density at radius 3 is 2.53 bits per heavy atom. The molecule has 0 aliphatic carbocycles. The number of rotatable bonds is 4. The Balaban J connectivity index is 2.93. The number of hydrogen-bond donors (Lipinski definition) is 1. The molecule has 0 aliphatic rings. The quantitative estimate of drug-likeness (QED) is 0.802. The third-order valence-corrected chi connectivity index (χ3v) is 2.95. The van der Waals surface area contributed by atoms with E-state index in [2.05, 4.69) is 52.0 Å². The van der Waals surface area contributed by atoms with Crippen LogP contribution in [0.4, 0.5) is 0 Å². The summed E-state index contributed by atoms with van der Waals surface area (Å²) in [5.41, 5.74) is 8.88. The summed E-state index contributed by atoms with van der Waals surface area (Å²) in [7, 11) is 0. The zero-order chi connectivity index (χ0) is 11.5. The Kier molecular flexibility index (Phi) is 3.92. The van der Waals surface area contributed by atoms with Gasteiger partial charge in [-0.25, -0.2) is 0 Å². The second-order valence-corrected chi connectivity index (χ2v) is 5.12. The summed E-state index contributed by atoms with van der Waals surface area (Å²) in [6.45, 7) is 8.80. The highest BCUT2D eigenvalue weighted by molar-refractivity contribution is 5.29. The van der Waals surface area contributed by atoms with Crippen LogP contribution in [0.3, 0.4) is 0 Å². The molecule has 84 valence electrons. The van der Waals surface area contributed by atoms with Crippen molar-refractivity contribution in [2.75, 3.05) is 0 Å². The summed E-state index contributed by atoms with van der Waals surface area (Å²) in [4.78, 5) is 0. The van der Waals surface area contributed by atoms with Crippen LogP contribution in [0.5, 0.6) is 0 Å². The van der Waals surface area contributed by atoms with Crippen LogP contribution in [0.2, 0.25) is 0 Å². The van der Waals surface area contributed by atoms with E-state index in [1.807, 2.05) is 0 Å². The van der Waals surface area contributed by atoms with Gasteiger partial charge in [-0.05, 0) is 36.3 Å². The van der Waals surface area contributed by atoms with Gasteiger partial charge in [-0.1, -0.05) is 45.0 Å². The Morgan fingerprint density at radius 1 is 1.33 bits per heavy atom. The lowest BCUT2D eigenvalue weighted by Gasteiger charge is -2.27. The fourth-order valence-corrected chi connectivity index (χ4v) is 2.14. The molecule has 0 aromatic heterocycles. The third kappa shape index (κ3) is 3.35. The maximum absolute atomic E-state index is 5.89. The molecule has 1 aromatic rings. The van der Waals surface area contributed by atoms with E-state index in [1.165, 1.54) is 11.1 Å². The SMILES string of the molecule is CCc1cccc(C(C)(C)CC(C)N)c1. The Hall–Kier alpha value is -0.820. The summed E-state index contributed by atoms with van der Waals surface area (Å²) in [6.07, 6.45) is 2.13. The Morgan fingerprint density at radius 2 is 2.00 bits per heavy atom. The minimum Gasteiger partial charge on any atom is -0.328 e. The van der Waals surface area contributed by atoms with Gasteiger partial charge in [0.05, 0.1) is 0 Å². The van der Waals surface area contributed by atoms with Crippen molar-refractivity contribution in [1.82, 2.24) is 0 Å². The first-order valence-electron chi connectivity index (χ1n) is 5.80. The average Bonchev–Trinajstić information content (AvgIpc) is 2.16. The number of nitrogens with two attached hydrogens (primary N) is 1. The fraction of sp³-hybridized carbons (Fsp3) is 0.571. The lowest BCUT2D eigenvalue weighted by Crippen LogP contribution is -2.28. The van der Waals surface area contributed by atoms with Crippen molar-refractivity contribution in [1.29, 1.82) is 0 Å². The van der Waals surface area contributed by atoms with E-state index < -0.39 is 0 Å². The standard InChI is InChI=1S/C14H23N/c1-5-12-7-6-8-13(9-12)14(3,4)10-11(2)15/h6-9,11H,5,10,15H2,1-4H3. The lowest BCUT2D eigenvalue weighted by molar-refractivity contribution is 0.437. The monoisotopic (exact) mass is 205 g/mol. The van der Waals surface area contributed by atoms with Gasteiger partial charge in [0, 0.05) is 6.04 Å². The smallest absolute Gasteiger partial charge is 0.00187 e. The van der Waals surface area contributed by atoms with Crippen molar-refractivity contribution in [3.05, 3.63) is 35.4 Å². The van der Waals surface area contributed by atoms with Crippen LogP contribution < -0.4 is 5.73 Å². The second kappa shape index (κ2) is 4.80. The van der Waals surface area contributed by atoms with Crippen molar-refractivity contribution in [3.63, 3.8) is 0 Å². The third-order valence-electron chi connectivity index (χ3n) is 2.95. The topological polar surface area (TPSA) is 26.0 Å². The molecule has 1 aromatic carbocycles. The number of hydrogen-bond acceptors (Lipinski definition) is 1. The fourth-order valence-electron chi connectivity index (χ4n) is 2.14. The van der Waals surface area contributed by atoms with Gasteiger partial charge in [0.25, 0.3) is 0 Å². The first kappa shape index (κ1) is 12.3. The van der Waals surface area contributed by atoms with Crippen LogP contribution in [-0.4, -0.2) is 6.04 Å². The van der Waals surface area contributed by atoms with Crippen LogP contribution in [0.25, 0.3) is 0 Å². The second-order valence-electron chi connectivity index (χ2n) is 5.12. The molecule has 0 fully saturated rings. The van der Waals surface area contributed by atoms with Gasteiger partial charge in [-0.2, -0.15) is 0 Å². The summed E-state index contributed by atoms with van der Waals surface area (Å²) in [6, 6.07) is 9.11. The van der Waals surface area contributed by atoms with Gasteiger partial charge in [0.1, 0.15) is 0 Å². The van der Waals surface area contributed by atoms with Crippen LogP contribution in [0.1, 0.15) is 45.2 Å². The largest absolute Gasteiger partial charge is 0.328 e. The van der Waals surface area contributed by atoms with E-state index in [-0.39, 0.29) is 11.5 Å². The number of benzene rings is 1. The van der Waals surface area contributed by atoms with E-state index >= 15 is 0 Å². The highest BCUT2D eigenvalue weighted by atomic mass is 14.6. The molecule has 2 N–H and O–H groups in total. The van der Waals surface area contributed by atoms with E-state index in [0.29, 0.717) is 0 Å². The van der Waals surface area contributed by atoms with Crippen molar-refractivity contribution >= 4 is 0 Å². The van der Waals surface area contributed by atoms with Crippen molar-refractivity contribution in [3.8, 4) is 0 Å². The minimum absolute atomic E-state index is 0.180. The molecule has 1 rings (SSSR count). The van der Waals surface area contributed by atoms with E-state index in [1.54, 1.807) is 0 Å². The van der Waals surface area contributed by atoms with Crippen molar-refractivity contribution < 1.29 is 0 Å². The predicted octanol–water partition coefficient (Wildman–Crippen LogP) is 3.26. The Labute approximate surface area is 93.7 Å². The van der Waals surface area contributed by atoms with Gasteiger partial charge in [0.2, 0.25) is 0 Å². The summed E-state index contributed by atoms with van der Waals surface area (Å²) in [5.74, 6) is 0. The van der Waals surface area contributed by atoms with Gasteiger partial charge in [-0.3, -0.25) is 0 Å². The van der Waals surface area contributed by atoms with Crippen LogP contribution in [0.15, 0.2) is 24.3 Å². The highest BCUT2D eigenvalue weighted by Crippen LogP contribution is 2.28. The molecule has 0 saturated heterocycles. The van der Waals surface area contributed by atoms with E-state index in [9.17, 15) is 0 Å². The molecule has 0 aliphatic heterocycles. The molecule has 15 heavy (non-hydrogen) atoms. The van der Waals surface area contributed by atoms with Crippen LogP contribution in [-0.2, 0) is 11.8 Å². The zero-order valence-electron chi connectivity index (χ0n) is 10.4. The molecule has 0 spiro atoms. The van der Waals surface area contributed by atoms with E-state index in [4.69, 9.17) is 5.73 Å². The van der Waals surface area contributed by atoms with Crippen LogP contribution >= 0.6 is 0 Å². The van der Waals surface area contributed by atoms with Crippen molar-refractivity contribution in [2.45, 2.75) is 52.0 Å². The van der Waals surface area contributed by atoms with Gasteiger partial charge < -0.3 is 5.73 Å². The maximum atomic E-state index is 5.89. The summed E-state index contributed by atoms with van der Waals surface area (Å²) < 4.78 is 0. The Bertz CT molecular complexity index is 313. The van der Waals surface area contributed by atoms with E-state index in [0.717, 1.165) is 12.8 Å². The van der Waals surface area contributed by atoms with Gasteiger partial charge in [-0.15, -0.1) is 0 Å². The molecular weight excluding hydrogens is 182 g/mol. The normalized spacial score (nSPS) is 13.9. The summed E-state index contributed by atoms with van der Waals surface area (Å²) in [5, 5.41) is 0. The molecular formula is C14H23N. The molecule has 0 bridgehead atoms.